The Balaban J connectivity index is 1.55. The Kier molecular flexibility index (Phi) is 9.08. The van der Waals surface area contributed by atoms with Crippen LogP contribution in [0, 0.1) is 29.1 Å². The maximum Gasteiger partial charge on any atom is 0.338 e. The molecule has 0 spiro atoms. The second kappa shape index (κ2) is 12.3. The van der Waals surface area contributed by atoms with Gasteiger partial charge in [-0.15, -0.1) is 0 Å². The van der Waals surface area contributed by atoms with Gasteiger partial charge in [0, 0.05) is 41.9 Å². The number of esters is 2. The van der Waals surface area contributed by atoms with E-state index in [1.807, 2.05) is 19.9 Å². The van der Waals surface area contributed by atoms with Crippen LogP contribution in [0.15, 0.2) is 65.8 Å². The largest absolute Gasteiger partial charge is 0.454 e. The minimum absolute atomic E-state index is 0.134. The molecule has 1 aromatic rings. The topological polar surface area (TPSA) is 130 Å². The summed E-state index contributed by atoms with van der Waals surface area (Å²) in [5.74, 6) is -4.68. The number of carbonyl (C=O) groups excluding carboxylic acids is 3. The van der Waals surface area contributed by atoms with Gasteiger partial charge in [-0.3, -0.25) is 9.59 Å². The zero-order valence-electron chi connectivity index (χ0n) is 27.1. The summed E-state index contributed by atoms with van der Waals surface area (Å²) in [7, 11) is 0. The molecule has 45 heavy (non-hydrogen) atoms. The first kappa shape index (κ1) is 33.3. The SMILES string of the molecule is CCCCCC=CCCC(=O)O[C@@]12[C@H](OC(=O)c3ccccc3)[C@@H](C)[C@@]3(O)[C@@H](C=C(CO)C[C@]4(O)C(=O)C(C)=C[C@@H]34)[C@@H]1C2(C)C. The van der Waals surface area contributed by atoms with E-state index in [9.17, 15) is 29.7 Å². The first-order valence-electron chi connectivity index (χ1n) is 16.4. The molecular formula is C37H48O8. The number of ether oxygens (including phenoxy) is 2. The van der Waals surface area contributed by atoms with Gasteiger partial charge in [0.15, 0.2) is 11.4 Å². The molecule has 3 N–H and O–H groups in total. The highest BCUT2D eigenvalue weighted by molar-refractivity contribution is 6.04. The van der Waals surface area contributed by atoms with Crippen LogP contribution in [-0.2, 0) is 19.1 Å². The summed E-state index contributed by atoms with van der Waals surface area (Å²) >= 11 is 0. The monoisotopic (exact) mass is 620 g/mol. The number of fused-ring (bicyclic) bond motifs is 5. The lowest BCUT2D eigenvalue weighted by Crippen LogP contribution is -2.66. The van der Waals surface area contributed by atoms with Crippen LogP contribution < -0.4 is 0 Å². The van der Waals surface area contributed by atoms with Crippen molar-refractivity contribution in [3.63, 3.8) is 0 Å². The number of aliphatic hydroxyl groups excluding tert-OH is 1. The molecule has 0 aliphatic heterocycles. The molecule has 8 nitrogen and oxygen atoms in total. The lowest BCUT2D eigenvalue weighted by molar-refractivity contribution is -0.219. The third-order valence-corrected chi connectivity index (χ3v) is 11.1. The van der Waals surface area contributed by atoms with E-state index in [1.54, 1.807) is 56.3 Å². The number of ketones is 1. The van der Waals surface area contributed by atoms with E-state index >= 15 is 0 Å². The van der Waals surface area contributed by atoms with E-state index in [-0.39, 0.29) is 12.8 Å². The molecule has 1 aromatic carbocycles. The molecule has 4 aliphatic carbocycles. The lowest BCUT2D eigenvalue weighted by Gasteiger charge is -2.53. The van der Waals surface area contributed by atoms with Crippen LogP contribution in [0.5, 0.6) is 0 Å². The third-order valence-electron chi connectivity index (χ3n) is 11.1. The highest BCUT2D eigenvalue weighted by Crippen LogP contribution is 2.77. The summed E-state index contributed by atoms with van der Waals surface area (Å²) in [4.78, 5) is 40.5. The van der Waals surface area contributed by atoms with Crippen molar-refractivity contribution in [2.24, 2.45) is 29.1 Å². The number of hydrogen-bond acceptors (Lipinski definition) is 8. The Morgan fingerprint density at radius 1 is 1.04 bits per heavy atom. The molecule has 0 heterocycles. The summed E-state index contributed by atoms with van der Waals surface area (Å²) in [6.07, 6.45) is 11.3. The van der Waals surface area contributed by atoms with Gasteiger partial charge in [-0.05, 0) is 49.5 Å². The molecule has 8 heteroatoms. The van der Waals surface area contributed by atoms with Crippen LogP contribution in [0.25, 0.3) is 0 Å². The quantitative estimate of drug-likeness (QED) is 0.174. The number of hydrogen-bond donors (Lipinski definition) is 3. The number of unbranched alkanes of at least 4 members (excludes halogenated alkanes) is 3. The van der Waals surface area contributed by atoms with Gasteiger partial charge in [-0.1, -0.05) is 83.0 Å². The van der Waals surface area contributed by atoms with E-state index in [4.69, 9.17) is 9.47 Å². The Bertz CT molecular complexity index is 1410. The Morgan fingerprint density at radius 3 is 2.40 bits per heavy atom. The van der Waals surface area contributed by atoms with Crippen LogP contribution in [0.2, 0.25) is 0 Å². The smallest absolute Gasteiger partial charge is 0.338 e. The molecule has 4 aliphatic rings. The number of allylic oxidation sites excluding steroid dienone is 2. The van der Waals surface area contributed by atoms with Crippen LogP contribution >= 0.6 is 0 Å². The van der Waals surface area contributed by atoms with Crippen LogP contribution in [0.4, 0.5) is 0 Å². The molecule has 5 rings (SSSR count). The summed E-state index contributed by atoms with van der Waals surface area (Å²) in [6, 6.07) is 8.51. The number of aliphatic hydroxyl groups is 3. The highest BCUT2D eigenvalue weighted by Gasteiger charge is 2.88. The highest BCUT2D eigenvalue weighted by atomic mass is 16.6. The van der Waals surface area contributed by atoms with Crippen LogP contribution in [-0.4, -0.2) is 62.6 Å². The summed E-state index contributed by atoms with van der Waals surface area (Å²) in [6.45, 7) is 8.97. The van der Waals surface area contributed by atoms with Gasteiger partial charge >= 0.3 is 11.9 Å². The third kappa shape index (κ3) is 5.23. The van der Waals surface area contributed by atoms with E-state index in [1.165, 1.54) is 0 Å². The predicted octanol–water partition coefficient (Wildman–Crippen LogP) is 5.26. The van der Waals surface area contributed by atoms with E-state index < -0.39 is 76.3 Å². The molecule has 2 fully saturated rings. The van der Waals surface area contributed by atoms with Gasteiger partial charge in [0.25, 0.3) is 0 Å². The fourth-order valence-electron chi connectivity index (χ4n) is 8.77. The standard InChI is InChI=1S/C37H48O8/c1-6-7-8-9-10-11-15-18-29(39)45-37-30(34(37,4)5)27-20-25(22-38)21-35(42)28(19-23(2)31(35)40)36(27,43)24(3)32(37)44-33(41)26-16-13-12-14-17-26/h10-14,16-17,19-20,24,27-28,30,32,38,42-43H,6-9,15,18,21-22H2,1-5H3/t24-,27+,28-,30-,32-,35-,36-,37-/m1/s1. The average Bonchev–Trinajstić information content (AvgIpc) is 3.44. The average molecular weight is 621 g/mol. The van der Waals surface area contributed by atoms with Crippen molar-refractivity contribution < 1.29 is 39.2 Å². The second-order valence-corrected chi connectivity index (χ2v) is 14.1. The zero-order chi connectivity index (χ0) is 32.8. The molecule has 0 amide bonds. The van der Waals surface area contributed by atoms with Gasteiger partial charge in [0.2, 0.25) is 0 Å². The zero-order valence-corrected chi connectivity index (χ0v) is 27.1. The van der Waals surface area contributed by atoms with Crippen molar-refractivity contribution in [1.29, 1.82) is 0 Å². The predicted molar refractivity (Wildman–Crippen MR) is 169 cm³/mol. The lowest BCUT2D eigenvalue weighted by atomic mass is 9.59. The molecular weight excluding hydrogens is 572 g/mol. The van der Waals surface area contributed by atoms with Gasteiger partial charge in [0.1, 0.15) is 11.7 Å². The number of rotatable bonds is 11. The minimum atomic E-state index is -1.97. The maximum atomic E-state index is 13.6. The second-order valence-electron chi connectivity index (χ2n) is 14.1. The van der Waals surface area contributed by atoms with Crippen molar-refractivity contribution in [3.8, 4) is 0 Å². The molecule has 0 radical (unpaired) electrons. The van der Waals surface area contributed by atoms with Crippen LogP contribution in [0.1, 0.15) is 89.9 Å². The Labute approximate surface area is 266 Å². The van der Waals surface area contributed by atoms with Crippen LogP contribution in [0.3, 0.4) is 0 Å². The normalized spacial score (nSPS) is 36.3. The van der Waals surface area contributed by atoms with E-state index in [2.05, 4.69) is 13.0 Å². The van der Waals surface area contributed by atoms with Crippen molar-refractivity contribution >= 4 is 17.7 Å². The van der Waals surface area contributed by atoms with Crippen molar-refractivity contribution in [1.82, 2.24) is 0 Å². The fourth-order valence-corrected chi connectivity index (χ4v) is 8.77. The summed E-state index contributed by atoms with van der Waals surface area (Å²) < 4.78 is 12.7. The molecule has 0 bridgehead atoms. The summed E-state index contributed by atoms with van der Waals surface area (Å²) in [5, 5.41) is 35.1. The van der Waals surface area contributed by atoms with Gasteiger partial charge < -0.3 is 24.8 Å². The molecule has 0 unspecified atom stereocenters. The maximum absolute atomic E-state index is 13.6. The fraction of sp³-hybridized carbons (Fsp3) is 0.595. The van der Waals surface area contributed by atoms with Gasteiger partial charge in [-0.25, -0.2) is 4.79 Å². The van der Waals surface area contributed by atoms with E-state index in [0.29, 0.717) is 23.1 Å². The molecule has 244 valence electrons. The Morgan fingerprint density at radius 2 is 1.73 bits per heavy atom. The molecule has 0 saturated heterocycles. The van der Waals surface area contributed by atoms with Gasteiger partial charge in [-0.2, -0.15) is 0 Å². The number of Topliss-reactive ketones (excluding diaryl/α,β-unsaturated/α-hetero) is 1. The summed E-state index contributed by atoms with van der Waals surface area (Å²) in [5.41, 5.74) is -4.70. The number of carbonyl (C=O) groups is 3. The number of benzene rings is 1. The molecule has 0 aromatic heterocycles. The van der Waals surface area contributed by atoms with Crippen molar-refractivity contribution in [3.05, 3.63) is 71.3 Å². The van der Waals surface area contributed by atoms with Gasteiger partial charge in [0.05, 0.1) is 17.8 Å². The molecule has 8 atom stereocenters. The first-order valence-corrected chi connectivity index (χ1v) is 16.4. The van der Waals surface area contributed by atoms with Crippen molar-refractivity contribution in [2.45, 2.75) is 102 Å². The van der Waals surface area contributed by atoms with Crippen molar-refractivity contribution in [2.75, 3.05) is 6.61 Å². The first-order chi connectivity index (χ1) is 21.3. The van der Waals surface area contributed by atoms with E-state index in [0.717, 1.165) is 25.7 Å². The Hall–Kier alpha value is -3.07. The molecule has 2 saturated carbocycles. The minimum Gasteiger partial charge on any atom is -0.454 e.